The van der Waals surface area contributed by atoms with Crippen molar-refractivity contribution in [2.45, 2.75) is 34.6 Å². The Morgan fingerprint density at radius 3 is 2.00 bits per heavy atom. The van der Waals surface area contributed by atoms with E-state index in [0.29, 0.717) is 11.8 Å². The third kappa shape index (κ3) is 4.61. The molecule has 2 heteroatoms. The van der Waals surface area contributed by atoms with Crippen LogP contribution in [0.1, 0.15) is 34.6 Å². The lowest BCUT2D eigenvalue weighted by molar-refractivity contribution is 0.747. The highest BCUT2D eigenvalue weighted by Gasteiger charge is 2.03. The van der Waals surface area contributed by atoms with Crippen molar-refractivity contribution < 1.29 is 0 Å². The summed E-state index contributed by atoms with van der Waals surface area (Å²) in [5.41, 5.74) is 2.14. The smallest absolute Gasteiger partial charge is 0.0610 e. The van der Waals surface area contributed by atoms with Gasteiger partial charge in [-0.3, -0.25) is 9.98 Å². The van der Waals surface area contributed by atoms with E-state index in [2.05, 4.69) is 44.4 Å². The fourth-order valence-electron chi connectivity index (χ4n) is 0.733. The highest BCUT2D eigenvalue weighted by atomic mass is 14.8. The van der Waals surface area contributed by atoms with Crippen LogP contribution in [-0.4, -0.2) is 12.4 Å². The van der Waals surface area contributed by atoms with Crippen molar-refractivity contribution in [3.63, 3.8) is 0 Å². The SMILES string of the molecule is C=N/C=C(\N=C(C)C(C)C)C(C)C. The van der Waals surface area contributed by atoms with Crippen LogP contribution in [-0.2, 0) is 0 Å². The highest BCUT2D eigenvalue weighted by molar-refractivity contribution is 5.84. The summed E-state index contributed by atoms with van der Waals surface area (Å²) in [6.45, 7) is 14.0. The van der Waals surface area contributed by atoms with E-state index in [9.17, 15) is 0 Å². The second-order valence-electron chi connectivity index (χ2n) is 3.80. The van der Waals surface area contributed by atoms with Crippen LogP contribution < -0.4 is 0 Å². The minimum Gasteiger partial charge on any atom is -0.271 e. The Balaban J connectivity index is 4.70. The van der Waals surface area contributed by atoms with E-state index < -0.39 is 0 Å². The maximum absolute atomic E-state index is 4.51. The standard InChI is InChI=1S/C11H20N2/c1-8(2)10(5)13-11(7-12-6)9(3)4/h7-9H,6H2,1-5H3/b11-7-,13-10?. The van der Waals surface area contributed by atoms with Crippen molar-refractivity contribution >= 4 is 12.4 Å². The van der Waals surface area contributed by atoms with Crippen LogP contribution >= 0.6 is 0 Å². The summed E-state index contributed by atoms with van der Waals surface area (Å²) in [7, 11) is 0. The molecule has 0 unspecified atom stereocenters. The molecule has 0 aromatic rings. The van der Waals surface area contributed by atoms with Gasteiger partial charge in [0.05, 0.1) is 5.70 Å². The molecule has 0 aromatic heterocycles. The first-order chi connectivity index (χ1) is 5.99. The number of rotatable bonds is 4. The normalized spacial score (nSPS) is 14.1. The molecule has 0 radical (unpaired) electrons. The summed E-state index contributed by atoms with van der Waals surface area (Å²) in [5, 5.41) is 0. The zero-order valence-corrected chi connectivity index (χ0v) is 9.33. The second-order valence-corrected chi connectivity index (χ2v) is 3.80. The first kappa shape index (κ1) is 12.1. The maximum Gasteiger partial charge on any atom is 0.0610 e. The molecule has 0 aromatic carbocycles. The van der Waals surface area contributed by atoms with Gasteiger partial charge in [-0.05, 0) is 25.5 Å². The van der Waals surface area contributed by atoms with Gasteiger partial charge in [0.1, 0.15) is 0 Å². The fourth-order valence-corrected chi connectivity index (χ4v) is 0.733. The van der Waals surface area contributed by atoms with Gasteiger partial charge < -0.3 is 0 Å². The summed E-state index contributed by atoms with van der Waals surface area (Å²) in [6.07, 6.45) is 1.73. The largest absolute Gasteiger partial charge is 0.271 e. The van der Waals surface area contributed by atoms with Gasteiger partial charge in [0.15, 0.2) is 0 Å². The lowest BCUT2D eigenvalue weighted by Crippen LogP contribution is -2.04. The van der Waals surface area contributed by atoms with Gasteiger partial charge in [0.2, 0.25) is 0 Å². The first-order valence-electron chi connectivity index (χ1n) is 4.70. The van der Waals surface area contributed by atoms with Gasteiger partial charge in [-0.25, -0.2) is 0 Å². The Kier molecular flexibility index (Phi) is 5.28. The maximum atomic E-state index is 4.51. The quantitative estimate of drug-likeness (QED) is 0.593. The lowest BCUT2D eigenvalue weighted by Gasteiger charge is -2.08. The van der Waals surface area contributed by atoms with Crippen LogP contribution in [0.25, 0.3) is 0 Å². The van der Waals surface area contributed by atoms with Crippen LogP contribution in [0.2, 0.25) is 0 Å². The van der Waals surface area contributed by atoms with Crippen molar-refractivity contribution in [3.8, 4) is 0 Å². The topological polar surface area (TPSA) is 24.7 Å². The summed E-state index contributed by atoms with van der Waals surface area (Å²) < 4.78 is 0. The van der Waals surface area contributed by atoms with Crippen LogP contribution in [0, 0.1) is 11.8 Å². The van der Waals surface area contributed by atoms with Crippen LogP contribution in [0.3, 0.4) is 0 Å². The van der Waals surface area contributed by atoms with Gasteiger partial charge in [-0.15, -0.1) is 0 Å². The minimum absolute atomic E-state index is 0.402. The van der Waals surface area contributed by atoms with Gasteiger partial charge in [0, 0.05) is 11.9 Å². The molecule has 0 fully saturated rings. The minimum atomic E-state index is 0.402. The van der Waals surface area contributed by atoms with E-state index in [0.717, 1.165) is 11.4 Å². The highest BCUT2D eigenvalue weighted by Crippen LogP contribution is 2.13. The van der Waals surface area contributed by atoms with E-state index in [4.69, 9.17) is 0 Å². The van der Waals surface area contributed by atoms with E-state index in [1.807, 2.05) is 6.92 Å². The van der Waals surface area contributed by atoms with E-state index in [1.54, 1.807) is 6.20 Å². The number of allylic oxidation sites excluding steroid dienone is 1. The van der Waals surface area contributed by atoms with Crippen molar-refractivity contribution in [3.05, 3.63) is 11.9 Å². The first-order valence-corrected chi connectivity index (χ1v) is 4.70. The molecule has 0 rings (SSSR count). The van der Waals surface area contributed by atoms with Crippen molar-refractivity contribution in [1.82, 2.24) is 0 Å². The summed E-state index contributed by atoms with van der Waals surface area (Å²) in [6, 6.07) is 0. The molecule has 0 N–H and O–H groups in total. The molecule has 0 heterocycles. The van der Waals surface area contributed by atoms with Gasteiger partial charge in [0.25, 0.3) is 0 Å². The molecular weight excluding hydrogens is 160 g/mol. The number of hydrogen-bond donors (Lipinski definition) is 0. The molecule has 0 bridgehead atoms. The fraction of sp³-hybridized carbons (Fsp3) is 0.636. The van der Waals surface area contributed by atoms with Crippen molar-refractivity contribution in [2.24, 2.45) is 21.8 Å². The molecule has 0 spiro atoms. The summed E-state index contributed by atoms with van der Waals surface area (Å²) in [4.78, 5) is 8.26. The molecular formula is C11H20N2. The average molecular weight is 180 g/mol. The van der Waals surface area contributed by atoms with Gasteiger partial charge in [-0.2, -0.15) is 0 Å². The van der Waals surface area contributed by atoms with Crippen LogP contribution in [0.15, 0.2) is 21.9 Å². The number of nitrogens with zero attached hydrogens (tertiary/aromatic N) is 2. The van der Waals surface area contributed by atoms with E-state index >= 15 is 0 Å². The lowest BCUT2D eigenvalue weighted by atomic mass is 10.1. The molecule has 74 valence electrons. The van der Waals surface area contributed by atoms with E-state index in [1.165, 1.54) is 0 Å². The Labute approximate surface area is 81.5 Å². The molecule has 0 aliphatic heterocycles. The second kappa shape index (κ2) is 5.68. The van der Waals surface area contributed by atoms with Crippen molar-refractivity contribution in [1.29, 1.82) is 0 Å². The predicted molar refractivity (Wildman–Crippen MR) is 60.4 cm³/mol. The Bertz CT molecular complexity index is 222. The van der Waals surface area contributed by atoms with Crippen molar-refractivity contribution in [2.75, 3.05) is 0 Å². The summed E-state index contributed by atoms with van der Waals surface area (Å²) in [5.74, 6) is 0.895. The molecule has 0 saturated carbocycles. The van der Waals surface area contributed by atoms with Crippen LogP contribution in [0.5, 0.6) is 0 Å². The molecule has 0 saturated heterocycles. The van der Waals surface area contributed by atoms with Gasteiger partial charge >= 0.3 is 0 Å². The molecule has 0 aliphatic carbocycles. The molecule has 2 nitrogen and oxygen atoms in total. The Hall–Kier alpha value is -0.920. The monoisotopic (exact) mass is 180 g/mol. The predicted octanol–water partition coefficient (Wildman–Crippen LogP) is 3.30. The zero-order chi connectivity index (χ0) is 10.4. The average Bonchev–Trinajstić information content (AvgIpc) is 2.03. The molecule has 0 amide bonds. The number of hydrogen-bond acceptors (Lipinski definition) is 2. The van der Waals surface area contributed by atoms with Crippen LogP contribution in [0.4, 0.5) is 0 Å². The Morgan fingerprint density at radius 1 is 1.15 bits per heavy atom. The molecule has 13 heavy (non-hydrogen) atoms. The third-order valence-corrected chi connectivity index (χ3v) is 1.96. The molecule has 0 atom stereocenters. The van der Waals surface area contributed by atoms with Gasteiger partial charge in [-0.1, -0.05) is 27.7 Å². The zero-order valence-electron chi connectivity index (χ0n) is 9.33. The molecule has 0 aliphatic rings. The Morgan fingerprint density at radius 2 is 1.69 bits per heavy atom. The van der Waals surface area contributed by atoms with E-state index in [-0.39, 0.29) is 0 Å². The summed E-state index contributed by atoms with van der Waals surface area (Å²) >= 11 is 0. The number of aliphatic imine (C=N–C) groups is 2. The third-order valence-electron chi connectivity index (χ3n) is 1.96.